The Hall–Kier alpha value is -2.84. The minimum Gasteiger partial charge on any atom is -0.488 e. The predicted molar refractivity (Wildman–Crippen MR) is 140 cm³/mol. The Balaban J connectivity index is 1.75. The third-order valence-electron chi connectivity index (χ3n) is 5.51. The number of benzene rings is 3. The number of ether oxygens (including phenoxy) is 1. The maximum Gasteiger partial charge on any atom is 0.282 e. The van der Waals surface area contributed by atoms with Crippen LogP contribution in [-0.2, 0) is 6.61 Å². The predicted octanol–water partition coefficient (Wildman–Crippen LogP) is 7.04. The number of hydrogen-bond acceptors (Lipinski definition) is 4. The van der Waals surface area contributed by atoms with Crippen LogP contribution in [0.1, 0.15) is 43.1 Å². The van der Waals surface area contributed by atoms with Crippen molar-refractivity contribution in [2.45, 2.75) is 32.8 Å². The molecule has 0 saturated carbocycles. The van der Waals surface area contributed by atoms with Crippen LogP contribution < -0.4 is 10.3 Å². The Morgan fingerprint density at radius 1 is 1.12 bits per heavy atom. The average Bonchev–Trinajstić information content (AvgIpc) is 2.83. The summed E-state index contributed by atoms with van der Waals surface area (Å²) in [5, 5.41) is 5.00. The molecule has 0 saturated heterocycles. The molecule has 0 amide bonds. The number of hydrogen-bond donors (Lipinski definition) is 0. The van der Waals surface area contributed by atoms with Crippen molar-refractivity contribution in [3.05, 3.63) is 103 Å². The first kappa shape index (κ1) is 24.3. The summed E-state index contributed by atoms with van der Waals surface area (Å²) in [5.41, 5.74) is 1.47. The standard InChI is InChI=1S/C26H22Br2FN3O2/c1-3-16(2)25-31-23-10-8-20(28)13-21(23)26(33)32(25)30-14-18-12-19(27)9-11-24(18)34-15-17-6-4-5-7-22(17)29/h4-14,16H,3,15H2,1-2H3/t16-/m0/s1. The van der Waals surface area contributed by atoms with Crippen molar-refractivity contribution in [3.63, 3.8) is 0 Å². The largest absolute Gasteiger partial charge is 0.488 e. The summed E-state index contributed by atoms with van der Waals surface area (Å²) in [7, 11) is 0. The Bertz CT molecular complexity index is 1440. The third kappa shape index (κ3) is 5.28. The van der Waals surface area contributed by atoms with E-state index in [2.05, 4.69) is 37.0 Å². The molecule has 0 unspecified atom stereocenters. The van der Waals surface area contributed by atoms with E-state index in [0.717, 1.165) is 15.4 Å². The molecule has 5 nitrogen and oxygen atoms in total. The molecule has 0 fully saturated rings. The van der Waals surface area contributed by atoms with Crippen molar-refractivity contribution < 1.29 is 9.13 Å². The fourth-order valence-corrected chi connectivity index (χ4v) is 4.16. The van der Waals surface area contributed by atoms with E-state index in [1.54, 1.807) is 36.5 Å². The van der Waals surface area contributed by atoms with E-state index in [1.807, 2.05) is 38.1 Å². The average molecular weight is 587 g/mol. The smallest absolute Gasteiger partial charge is 0.282 e. The maximum atomic E-state index is 14.0. The van der Waals surface area contributed by atoms with Crippen molar-refractivity contribution >= 4 is 49.0 Å². The highest BCUT2D eigenvalue weighted by Gasteiger charge is 2.16. The van der Waals surface area contributed by atoms with Crippen LogP contribution in [-0.4, -0.2) is 15.9 Å². The molecule has 0 N–H and O–H groups in total. The van der Waals surface area contributed by atoms with Crippen LogP contribution in [0.15, 0.2) is 79.5 Å². The highest BCUT2D eigenvalue weighted by molar-refractivity contribution is 9.10. The quantitative estimate of drug-likeness (QED) is 0.218. The molecule has 1 heterocycles. The number of rotatable bonds is 7. The molecule has 34 heavy (non-hydrogen) atoms. The van der Waals surface area contributed by atoms with E-state index < -0.39 is 0 Å². The van der Waals surface area contributed by atoms with Crippen LogP contribution in [0.3, 0.4) is 0 Å². The zero-order valence-corrected chi connectivity index (χ0v) is 21.8. The molecule has 0 aliphatic heterocycles. The zero-order valence-electron chi connectivity index (χ0n) is 18.6. The van der Waals surface area contributed by atoms with Gasteiger partial charge in [0.1, 0.15) is 24.0 Å². The van der Waals surface area contributed by atoms with Gasteiger partial charge in [-0.3, -0.25) is 4.79 Å². The van der Waals surface area contributed by atoms with Gasteiger partial charge in [0.2, 0.25) is 0 Å². The number of aromatic nitrogens is 2. The minimum atomic E-state index is -0.326. The maximum absolute atomic E-state index is 14.0. The molecule has 0 bridgehead atoms. The van der Waals surface area contributed by atoms with Crippen molar-refractivity contribution in [2.75, 3.05) is 0 Å². The number of halogens is 3. The SMILES string of the molecule is CC[C@H](C)c1nc2ccc(Br)cc2c(=O)n1N=Cc1cc(Br)ccc1OCc1ccccc1F. The first-order valence-electron chi connectivity index (χ1n) is 10.8. The van der Waals surface area contributed by atoms with Crippen LogP contribution in [0.25, 0.3) is 10.9 Å². The van der Waals surface area contributed by atoms with Crippen molar-refractivity contribution in [3.8, 4) is 5.75 Å². The van der Waals surface area contributed by atoms with Crippen LogP contribution in [0.4, 0.5) is 4.39 Å². The Morgan fingerprint density at radius 2 is 1.85 bits per heavy atom. The van der Waals surface area contributed by atoms with Crippen LogP contribution in [0.5, 0.6) is 5.75 Å². The Morgan fingerprint density at radius 3 is 2.62 bits per heavy atom. The van der Waals surface area contributed by atoms with Crippen molar-refractivity contribution in [2.24, 2.45) is 5.10 Å². The van der Waals surface area contributed by atoms with Gasteiger partial charge in [-0.15, -0.1) is 0 Å². The first-order chi connectivity index (χ1) is 16.4. The molecule has 8 heteroatoms. The lowest BCUT2D eigenvalue weighted by atomic mass is 10.1. The van der Waals surface area contributed by atoms with Gasteiger partial charge in [0.25, 0.3) is 5.56 Å². The van der Waals surface area contributed by atoms with E-state index >= 15 is 0 Å². The van der Waals surface area contributed by atoms with Gasteiger partial charge < -0.3 is 4.74 Å². The zero-order chi connectivity index (χ0) is 24.2. The summed E-state index contributed by atoms with van der Waals surface area (Å²) in [6, 6.07) is 17.4. The Kier molecular flexibility index (Phi) is 7.58. The summed E-state index contributed by atoms with van der Waals surface area (Å²) in [6.07, 6.45) is 2.37. The van der Waals surface area contributed by atoms with E-state index in [9.17, 15) is 9.18 Å². The second-order valence-electron chi connectivity index (χ2n) is 7.86. The molecule has 0 spiro atoms. The molecule has 1 aromatic heterocycles. The molecule has 0 aliphatic carbocycles. The lowest BCUT2D eigenvalue weighted by molar-refractivity contribution is 0.299. The molecule has 4 aromatic rings. The molecule has 0 radical (unpaired) electrons. The van der Waals surface area contributed by atoms with Crippen molar-refractivity contribution in [1.82, 2.24) is 9.66 Å². The second-order valence-corrected chi connectivity index (χ2v) is 9.70. The lowest BCUT2D eigenvalue weighted by Crippen LogP contribution is -2.23. The summed E-state index contributed by atoms with van der Waals surface area (Å²) in [6.45, 7) is 4.12. The molecule has 1 atom stereocenters. The van der Waals surface area contributed by atoms with Gasteiger partial charge in [0.05, 0.1) is 17.1 Å². The first-order valence-corrected chi connectivity index (χ1v) is 12.4. The molecule has 0 aliphatic rings. The lowest BCUT2D eigenvalue weighted by Gasteiger charge is -2.14. The fourth-order valence-electron chi connectivity index (χ4n) is 3.42. The molecule has 174 valence electrons. The highest BCUT2D eigenvalue weighted by Crippen LogP contribution is 2.24. The van der Waals surface area contributed by atoms with Crippen LogP contribution >= 0.6 is 31.9 Å². The van der Waals surface area contributed by atoms with Crippen molar-refractivity contribution in [1.29, 1.82) is 0 Å². The number of fused-ring (bicyclic) bond motifs is 1. The summed E-state index contributed by atoms with van der Waals surface area (Å²) < 4.78 is 22.9. The fraction of sp³-hybridized carbons (Fsp3) is 0.192. The minimum absolute atomic E-state index is 0.0252. The monoisotopic (exact) mass is 585 g/mol. The van der Waals surface area contributed by atoms with Gasteiger partial charge in [0, 0.05) is 26.0 Å². The summed E-state index contributed by atoms with van der Waals surface area (Å²) >= 11 is 6.89. The van der Waals surface area contributed by atoms with Gasteiger partial charge in [-0.25, -0.2) is 9.37 Å². The third-order valence-corrected chi connectivity index (χ3v) is 6.50. The van der Waals surface area contributed by atoms with Gasteiger partial charge in [-0.2, -0.15) is 9.78 Å². The second kappa shape index (κ2) is 10.6. The molecule has 3 aromatic carbocycles. The highest BCUT2D eigenvalue weighted by atomic mass is 79.9. The summed E-state index contributed by atoms with van der Waals surface area (Å²) in [4.78, 5) is 18.1. The van der Waals surface area contributed by atoms with Gasteiger partial charge in [-0.1, -0.05) is 63.9 Å². The van der Waals surface area contributed by atoms with Crippen LogP contribution in [0, 0.1) is 5.82 Å². The van der Waals surface area contributed by atoms with E-state index in [1.165, 1.54) is 10.7 Å². The summed E-state index contributed by atoms with van der Waals surface area (Å²) in [5.74, 6) is 0.803. The molecular weight excluding hydrogens is 565 g/mol. The van der Waals surface area contributed by atoms with Gasteiger partial charge >= 0.3 is 0 Å². The van der Waals surface area contributed by atoms with E-state index in [-0.39, 0.29) is 23.9 Å². The van der Waals surface area contributed by atoms with E-state index in [4.69, 9.17) is 9.72 Å². The van der Waals surface area contributed by atoms with Crippen LogP contribution in [0.2, 0.25) is 0 Å². The number of nitrogens with zero attached hydrogens (tertiary/aromatic N) is 3. The molecular formula is C26H22Br2FN3O2. The molecule has 4 rings (SSSR count). The van der Waals surface area contributed by atoms with Gasteiger partial charge in [-0.05, 0) is 48.9 Å². The topological polar surface area (TPSA) is 56.5 Å². The van der Waals surface area contributed by atoms with Gasteiger partial charge in [0.15, 0.2) is 0 Å². The van der Waals surface area contributed by atoms with E-state index in [0.29, 0.717) is 33.6 Å². The Labute approximate surface area is 213 Å². The normalized spacial score (nSPS) is 12.4.